The van der Waals surface area contributed by atoms with Crippen molar-refractivity contribution in [3.8, 4) is 0 Å². The molecule has 0 spiro atoms. The number of carbonyl (C=O) groups excluding carboxylic acids is 1. The van der Waals surface area contributed by atoms with Gasteiger partial charge in [0.25, 0.3) is 0 Å². The normalized spacial score (nSPS) is 12.2. The second kappa shape index (κ2) is 4.95. The monoisotopic (exact) mass is 253 g/mol. The number of carbonyl (C=O) groups is 1. The van der Waals surface area contributed by atoms with Crippen LogP contribution >= 0.6 is 0 Å². The van der Waals surface area contributed by atoms with Gasteiger partial charge in [0, 0.05) is 17.7 Å². The highest BCUT2D eigenvalue weighted by Crippen LogP contribution is 2.21. The summed E-state index contributed by atoms with van der Waals surface area (Å²) in [6, 6.07) is 4.39. The van der Waals surface area contributed by atoms with Gasteiger partial charge in [-0.1, -0.05) is 5.16 Å². The first-order chi connectivity index (χ1) is 8.58. The van der Waals surface area contributed by atoms with Crippen molar-refractivity contribution in [3.05, 3.63) is 53.4 Å². The average Bonchev–Trinajstić information content (AvgIpc) is 2.81. The molecule has 1 heterocycles. The molecule has 1 aromatic heterocycles. The molecule has 0 radical (unpaired) electrons. The smallest absolute Gasteiger partial charge is 0.361 e. The second-order valence-corrected chi connectivity index (χ2v) is 3.60. The van der Waals surface area contributed by atoms with Crippen LogP contribution in [0.2, 0.25) is 0 Å². The van der Waals surface area contributed by atoms with Gasteiger partial charge in [0.15, 0.2) is 5.69 Å². The van der Waals surface area contributed by atoms with Gasteiger partial charge in [0.05, 0.1) is 0 Å². The quantitative estimate of drug-likeness (QED) is 0.789. The van der Waals surface area contributed by atoms with Crippen molar-refractivity contribution < 1.29 is 22.8 Å². The summed E-state index contributed by atoms with van der Waals surface area (Å²) in [4.78, 5) is 11.5. The van der Waals surface area contributed by atoms with E-state index < -0.39 is 23.7 Å². The molecule has 1 atom stereocenters. The van der Waals surface area contributed by atoms with E-state index in [1.54, 1.807) is 0 Å². The molecular weight excluding hydrogens is 244 g/mol. The van der Waals surface area contributed by atoms with E-state index in [4.69, 9.17) is 4.74 Å². The molecule has 6 heteroatoms. The van der Waals surface area contributed by atoms with Gasteiger partial charge in [0.2, 0.25) is 0 Å². The van der Waals surface area contributed by atoms with E-state index in [1.807, 2.05) is 0 Å². The molecule has 0 saturated heterocycles. The summed E-state index contributed by atoms with van der Waals surface area (Å²) < 4.78 is 35.6. The Labute approximate surface area is 101 Å². The van der Waals surface area contributed by atoms with Crippen LogP contribution in [-0.2, 0) is 4.74 Å². The van der Waals surface area contributed by atoms with E-state index in [1.165, 1.54) is 25.3 Å². The van der Waals surface area contributed by atoms with E-state index in [9.17, 15) is 13.6 Å². The van der Waals surface area contributed by atoms with Crippen LogP contribution in [0.1, 0.15) is 29.1 Å². The zero-order chi connectivity index (χ0) is 13.1. The molecule has 18 heavy (non-hydrogen) atoms. The average molecular weight is 253 g/mol. The SMILES string of the molecule is CC(OC(=O)c1ccon1)c1ccc(F)cc1F. The Kier molecular flexibility index (Phi) is 3.36. The molecule has 0 aliphatic rings. The minimum Gasteiger partial charge on any atom is -0.453 e. The number of aromatic nitrogens is 1. The Bertz CT molecular complexity index is 554. The molecule has 0 aliphatic carbocycles. The lowest BCUT2D eigenvalue weighted by Crippen LogP contribution is -2.10. The summed E-state index contributed by atoms with van der Waals surface area (Å²) in [6.07, 6.45) is 0.370. The van der Waals surface area contributed by atoms with Gasteiger partial charge in [0.1, 0.15) is 24.0 Å². The van der Waals surface area contributed by atoms with Gasteiger partial charge in [-0.15, -0.1) is 0 Å². The fourth-order valence-electron chi connectivity index (χ4n) is 1.43. The zero-order valence-corrected chi connectivity index (χ0v) is 9.39. The Hall–Kier alpha value is -2.24. The Morgan fingerprint density at radius 1 is 1.39 bits per heavy atom. The number of benzene rings is 1. The molecule has 2 rings (SSSR count). The van der Waals surface area contributed by atoms with Gasteiger partial charge in [-0.2, -0.15) is 0 Å². The summed E-state index contributed by atoms with van der Waals surface area (Å²) >= 11 is 0. The largest absolute Gasteiger partial charge is 0.453 e. The fraction of sp³-hybridized carbons (Fsp3) is 0.167. The summed E-state index contributed by atoms with van der Waals surface area (Å²) in [5.74, 6) is -2.19. The number of hydrogen-bond acceptors (Lipinski definition) is 4. The van der Waals surface area contributed by atoms with Crippen molar-refractivity contribution in [2.45, 2.75) is 13.0 Å². The molecule has 0 fully saturated rings. The van der Waals surface area contributed by atoms with Crippen molar-refractivity contribution in [2.24, 2.45) is 0 Å². The van der Waals surface area contributed by atoms with Crippen molar-refractivity contribution in [2.75, 3.05) is 0 Å². The first-order valence-corrected chi connectivity index (χ1v) is 5.14. The summed E-state index contributed by atoms with van der Waals surface area (Å²) in [5.41, 5.74) is 0.0811. The summed E-state index contributed by atoms with van der Waals surface area (Å²) in [5, 5.41) is 3.40. The molecule has 0 amide bonds. The third-order valence-electron chi connectivity index (χ3n) is 2.33. The minimum atomic E-state index is -0.852. The van der Waals surface area contributed by atoms with E-state index in [0.29, 0.717) is 0 Å². The van der Waals surface area contributed by atoms with Crippen LogP contribution in [0.5, 0.6) is 0 Å². The van der Waals surface area contributed by atoms with Gasteiger partial charge in [-0.25, -0.2) is 13.6 Å². The van der Waals surface area contributed by atoms with Crippen LogP contribution in [0.15, 0.2) is 35.1 Å². The molecule has 0 aliphatic heterocycles. The first-order valence-electron chi connectivity index (χ1n) is 5.14. The van der Waals surface area contributed by atoms with E-state index >= 15 is 0 Å². The zero-order valence-electron chi connectivity index (χ0n) is 9.39. The van der Waals surface area contributed by atoms with E-state index in [2.05, 4.69) is 9.68 Å². The Morgan fingerprint density at radius 2 is 2.17 bits per heavy atom. The lowest BCUT2D eigenvalue weighted by Gasteiger charge is -2.13. The lowest BCUT2D eigenvalue weighted by atomic mass is 10.1. The highest BCUT2D eigenvalue weighted by Gasteiger charge is 2.18. The van der Waals surface area contributed by atoms with Crippen molar-refractivity contribution in [3.63, 3.8) is 0 Å². The molecule has 94 valence electrons. The van der Waals surface area contributed by atoms with Crippen LogP contribution in [0, 0.1) is 11.6 Å². The number of esters is 1. The van der Waals surface area contributed by atoms with Crippen LogP contribution in [-0.4, -0.2) is 11.1 Å². The lowest BCUT2D eigenvalue weighted by molar-refractivity contribution is 0.0319. The van der Waals surface area contributed by atoms with Crippen molar-refractivity contribution in [1.82, 2.24) is 5.16 Å². The Balaban J connectivity index is 2.12. The molecular formula is C12H9F2NO3. The van der Waals surface area contributed by atoms with E-state index in [0.717, 1.165) is 12.1 Å². The van der Waals surface area contributed by atoms with E-state index in [-0.39, 0.29) is 11.3 Å². The van der Waals surface area contributed by atoms with Crippen molar-refractivity contribution >= 4 is 5.97 Å². The molecule has 0 N–H and O–H groups in total. The predicted octanol–water partition coefficient (Wildman–Crippen LogP) is 2.87. The predicted molar refractivity (Wildman–Crippen MR) is 56.7 cm³/mol. The van der Waals surface area contributed by atoms with Gasteiger partial charge >= 0.3 is 5.97 Å². The fourth-order valence-corrected chi connectivity index (χ4v) is 1.43. The van der Waals surface area contributed by atoms with Gasteiger partial charge in [-0.05, 0) is 19.1 Å². The van der Waals surface area contributed by atoms with Crippen molar-refractivity contribution in [1.29, 1.82) is 0 Å². The maximum atomic E-state index is 13.4. The second-order valence-electron chi connectivity index (χ2n) is 3.60. The maximum absolute atomic E-state index is 13.4. The van der Waals surface area contributed by atoms with Gasteiger partial charge in [-0.3, -0.25) is 0 Å². The number of hydrogen-bond donors (Lipinski definition) is 0. The molecule has 0 saturated carbocycles. The Morgan fingerprint density at radius 3 is 2.78 bits per heavy atom. The topological polar surface area (TPSA) is 52.3 Å². The molecule has 0 bridgehead atoms. The van der Waals surface area contributed by atoms with Crippen LogP contribution < -0.4 is 0 Å². The summed E-state index contributed by atoms with van der Waals surface area (Å²) in [6.45, 7) is 1.48. The maximum Gasteiger partial charge on any atom is 0.361 e. The number of halogens is 2. The number of ether oxygens (including phenoxy) is 1. The minimum absolute atomic E-state index is 0.00984. The number of nitrogens with zero attached hydrogens (tertiary/aromatic N) is 1. The highest BCUT2D eigenvalue weighted by molar-refractivity contribution is 5.87. The molecule has 1 aromatic carbocycles. The molecule has 2 aromatic rings. The van der Waals surface area contributed by atoms with Gasteiger partial charge < -0.3 is 9.26 Å². The third-order valence-corrected chi connectivity index (χ3v) is 2.33. The standard InChI is InChI=1S/C12H9F2NO3/c1-7(9-3-2-8(13)6-10(9)14)18-12(16)11-4-5-17-15-11/h2-7H,1H3. The van der Waals surface area contributed by atoms with Crippen LogP contribution in [0.3, 0.4) is 0 Å². The molecule has 1 unspecified atom stereocenters. The first kappa shape index (κ1) is 12.2. The van der Waals surface area contributed by atoms with Crippen LogP contribution in [0.4, 0.5) is 8.78 Å². The highest BCUT2D eigenvalue weighted by atomic mass is 19.1. The third kappa shape index (κ3) is 2.53. The molecule has 4 nitrogen and oxygen atoms in total. The number of rotatable bonds is 3. The summed E-state index contributed by atoms with van der Waals surface area (Å²) in [7, 11) is 0. The van der Waals surface area contributed by atoms with Crippen LogP contribution in [0.25, 0.3) is 0 Å².